The Hall–Kier alpha value is -1.81. The molecule has 3 rings (SSSR count). The highest BCUT2D eigenvalue weighted by Crippen LogP contribution is 2.27. The fraction of sp³-hybridized carbons (Fsp3) is 0.545. The number of aliphatic hydroxyl groups is 3. The van der Waals surface area contributed by atoms with Crippen LogP contribution in [0.4, 0.5) is 0 Å². The van der Waals surface area contributed by atoms with Gasteiger partial charge in [0.2, 0.25) is 6.23 Å². The van der Waals surface area contributed by atoms with E-state index in [0.29, 0.717) is 5.65 Å². The average Bonchev–Trinajstić information content (AvgIpc) is 2.90. The fourth-order valence-corrected chi connectivity index (χ4v) is 2.45. The summed E-state index contributed by atoms with van der Waals surface area (Å²) in [7, 11) is 1.64. The number of hydrogen-bond acceptors (Lipinski definition) is 7. The van der Waals surface area contributed by atoms with Gasteiger partial charge in [-0.3, -0.25) is 4.57 Å². The SMILES string of the molecule is Cn1c[n+]([C@@H]2O[C@H](CO)[C@@H](O)[C@H]2O)c2ncnc([O-])c21. The van der Waals surface area contributed by atoms with Crippen molar-refractivity contribution in [1.82, 2.24) is 14.5 Å². The van der Waals surface area contributed by atoms with E-state index in [-0.39, 0.29) is 5.52 Å². The van der Waals surface area contributed by atoms with Gasteiger partial charge in [0.05, 0.1) is 13.7 Å². The van der Waals surface area contributed by atoms with Gasteiger partial charge in [-0.15, -0.1) is 0 Å². The number of fused-ring (bicyclic) bond motifs is 1. The summed E-state index contributed by atoms with van der Waals surface area (Å²) in [6.45, 7) is -0.415. The molecule has 108 valence electrons. The van der Waals surface area contributed by atoms with Crippen molar-refractivity contribution in [3.63, 3.8) is 0 Å². The number of ether oxygens (including phenoxy) is 1. The van der Waals surface area contributed by atoms with Gasteiger partial charge in [0.25, 0.3) is 0 Å². The molecule has 3 N–H and O–H groups in total. The molecule has 0 amide bonds. The lowest BCUT2D eigenvalue weighted by Gasteiger charge is -2.12. The van der Waals surface area contributed by atoms with Gasteiger partial charge in [-0.2, -0.15) is 0 Å². The van der Waals surface area contributed by atoms with Gasteiger partial charge in [-0.05, 0) is 0 Å². The predicted octanol–water partition coefficient (Wildman–Crippen LogP) is -3.06. The van der Waals surface area contributed by atoms with E-state index in [1.165, 1.54) is 15.5 Å². The normalized spacial score (nSPS) is 30.2. The van der Waals surface area contributed by atoms with Crippen LogP contribution < -0.4 is 9.67 Å². The zero-order valence-electron chi connectivity index (χ0n) is 10.6. The van der Waals surface area contributed by atoms with Crippen LogP contribution in [-0.2, 0) is 11.8 Å². The van der Waals surface area contributed by atoms with Crippen molar-refractivity contribution in [2.45, 2.75) is 24.5 Å². The van der Waals surface area contributed by atoms with E-state index in [1.54, 1.807) is 7.05 Å². The molecule has 0 aliphatic carbocycles. The second-order valence-corrected chi connectivity index (χ2v) is 4.71. The Morgan fingerprint density at radius 2 is 2.15 bits per heavy atom. The second kappa shape index (κ2) is 4.63. The zero-order chi connectivity index (χ0) is 14.4. The van der Waals surface area contributed by atoms with Crippen molar-refractivity contribution < 1.29 is 29.7 Å². The number of hydrogen-bond donors (Lipinski definition) is 3. The maximum absolute atomic E-state index is 11.7. The minimum absolute atomic E-state index is 0.269. The highest BCUT2D eigenvalue weighted by molar-refractivity contribution is 5.72. The third kappa shape index (κ3) is 1.75. The first-order valence-electron chi connectivity index (χ1n) is 6.05. The topological polar surface area (TPSA) is 128 Å². The Kier molecular flexibility index (Phi) is 3.05. The lowest BCUT2D eigenvalue weighted by molar-refractivity contribution is -0.746. The molecule has 20 heavy (non-hydrogen) atoms. The predicted molar refractivity (Wildman–Crippen MR) is 61.2 cm³/mol. The van der Waals surface area contributed by atoms with E-state index < -0.39 is 37.0 Å². The smallest absolute Gasteiger partial charge is 0.306 e. The molecule has 0 unspecified atom stereocenters. The van der Waals surface area contributed by atoms with Gasteiger partial charge in [0.15, 0.2) is 18.2 Å². The standard InChI is InChI=1S/C11H14N4O5/c1-14-4-15(9-6(14)10(19)13-3-12-9)11-8(18)7(17)5(2-16)20-11/h3-5,7-8,11,16-18H,2H2,1H3/t5-,7-,8-,11-/m1/s1. The van der Waals surface area contributed by atoms with Crippen LogP contribution >= 0.6 is 0 Å². The minimum atomic E-state index is -1.23. The first kappa shape index (κ1) is 13.2. The molecule has 1 aliphatic rings. The van der Waals surface area contributed by atoms with E-state index in [2.05, 4.69) is 9.97 Å². The van der Waals surface area contributed by atoms with E-state index in [1.807, 2.05) is 0 Å². The number of imidazole rings is 1. The summed E-state index contributed by atoms with van der Waals surface area (Å²) in [5.41, 5.74) is 0.563. The minimum Gasteiger partial charge on any atom is -0.856 e. The highest BCUT2D eigenvalue weighted by Gasteiger charge is 2.46. The van der Waals surface area contributed by atoms with Crippen molar-refractivity contribution in [3.05, 3.63) is 12.7 Å². The Balaban J connectivity index is 2.10. The zero-order valence-corrected chi connectivity index (χ0v) is 10.6. The summed E-state index contributed by atoms with van der Waals surface area (Å²) in [6.07, 6.45) is -1.59. The van der Waals surface area contributed by atoms with E-state index in [4.69, 9.17) is 9.84 Å². The van der Waals surface area contributed by atoms with Gasteiger partial charge in [-0.25, -0.2) is 9.55 Å². The third-order valence-corrected chi connectivity index (χ3v) is 3.46. The van der Waals surface area contributed by atoms with Crippen molar-refractivity contribution in [3.8, 4) is 5.88 Å². The molecule has 2 aromatic heterocycles. The molecule has 9 nitrogen and oxygen atoms in total. The van der Waals surface area contributed by atoms with Crippen molar-refractivity contribution in [2.75, 3.05) is 6.61 Å². The Morgan fingerprint density at radius 3 is 2.80 bits per heavy atom. The summed E-state index contributed by atoms with van der Waals surface area (Å²) >= 11 is 0. The number of aliphatic hydroxyl groups excluding tert-OH is 3. The molecule has 0 radical (unpaired) electrons. The molecule has 3 heterocycles. The molecule has 2 aromatic rings. The first-order valence-corrected chi connectivity index (χ1v) is 6.05. The Labute approximate surface area is 113 Å². The van der Waals surface area contributed by atoms with Gasteiger partial charge in [0.1, 0.15) is 18.3 Å². The first-order chi connectivity index (χ1) is 9.54. The van der Waals surface area contributed by atoms with E-state index in [0.717, 1.165) is 6.33 Å². The second-order valence-electron chi connectivity index (χ2n) is 4.71. The molecule has 0 aromatic carbocycles. The summed E-state index contributed by atoms with van der Waals surface area (Å²) in [5.74, 6) is -0.442. The van der Waals surface area contributed by atoms with E-state index >= 15 is 0 Å². The number of aryl methyl sites for hydroxylation is 1. The summed E-state index contributed by atoms with van der Waals surface area (Å²) < 4.78 is 8.39. The summed E-state index contributed by atoms with van der Waals surface area (Å²) in [5, 5.41) is 40.6. The molecular formula is C11H14N4O5. The van der Waals surface area contributed by atoms with Gasteiger partial charge in [0, 0.05) is 5.88 Å². The van der Waals surface area contributed by atoms with Crippen LogP contribution in [0.2, 0.25) is 0 Å². The number of rotatable bonds is 2. The molecule has 0 spiro atoms. The molecule has 1 fully saturated rings. The lowest BCUT2D eigenvalue weighted by atomic mass is 10.1. The molecule has 9 heteroatoms. The van der Waals surface area contributed by atoms with Crippen LogP contribution in [0.25, 0.3) is 11.2 Å². The van der Waals surface area contributed by atoms with Crippen LogP contribution in [0.3, 0.4) is 0 Å². The van der Waals surface area contributed by atoms with Gasteiger partial charge < -0.3 is 25.2 Å². The molecular weight excluding hydrogens is 268 g/mol. The maximum atomic E-state index is 11.7. The van der Waals surface area contributed by atoms with Crippen LogP contribution in [0, 0.1) is 0 Å². The Morgan fingerprint density at radius 1 is 1.40 bits per heavy atom. The molecule has 0 bridgehead atoms. The highest BCUT2D eigenvalue weighted by atomic mass is 16.6. The van der Waals surface area contributed by atoms with Gasteiger partial charge in [-0.1, -0.05) is 4.98 Å². The van der Waals surface area contributed by atoms with E-state index in [9.17, 15) is 15.3 Å². The van der Waals surface area contributed by atoms with Crippen LogP contribution in [0.1, 0.15) is 6.23 Å². The Bertz CT molecular complexity index is 645. The molecule has 4 atom stereocenters. The van der Waals surface area contributed by atoms with Crippen molar-refractivity contribution in [1.29, 1.82) is 0 Å². The monoisotopic (exact) mass is 282 g/mol. The van der Waals surface area contributed by atoms with Crippen molar-refractivity contribution in [2.24, 2.45) is 7.05 Å². The summed E-state index contributed by atoms with van der Waals surface area (Å²) in [4.78, 5) is 7.59. The quantitative estimate of drug-likeness (QED) is 0.499. The number of aromatic nitrogens is 4. The van der Waals surface area contributed by atoms with Crippen LogP contribution in [0.15, 0.2) is 12.7 Å². The van der Waals surface area contributed by atoms with Crippen LogP contribution in [-0.4, -0.2) is 54.8 Å². The maximum Gasteiger partial charge on any atom is 0.306 e. The van der Waals surface area contributed by atoms with Crippen molar-refractivity contribution >= 4 is 11.2 Å². The lowest BCUT2D eigenvalue weighted by Crippen LogP contribution is -2.45. The van der Waals surface area contributed by atoms with Crippen LogP contribution in [0.5, 0.6) is 5.88 Å². The number of nitrogens with zero attached hydrogens (tertiary/aromatic N) is 4. The fourth-order valence-electron chi connectivity index (χ4n) is 2.45. The third-order valence-electron chi connectivity index (χ3n) is 3.46. The average molecular weight is 282 g/mol. The molecule has 0 saturated carbocycles. The largest absolute Gasteiger partial charge is 0.856 e. The summed E-state index contributed by atoms with van der Waals surface area (Å²) in [6, 6.07) is 0. The van der Waals surface area contributed by atoms with Gasteiger partial charge >= 0.3 is 5.65 Å². The molecule has 1 saturated heterocycles. The molecule has 1 aliphatic heterocycles.